The predicted molar refractivity (Wildman–Crippen MR) is 63.8 cm³/mol. The van der Waals surface area contributed by atoms with Crippen LogP contribution in [0, 0.1) is 5.92 Å². The topological polar surface area (TPSA) is 71.2 Å². The molecule has 0 bridgehead atoms. The molecule has 1 fully saturated rings. The van der Waals surface area contributed by atoms with Crippen molar-refractivity contribution in [3.05, 3.63) is 24.0 Å². The van der Waals surface area contributed by atoms with Crippen LogP contribution in [0.3, 0.4) is 0 Å². The fraction of sp³-hybridized carbons (Fsp3) is 0.583. The van der Waals surface area contributed by atoms with Crippen LogP contribution in [-0.4, -0.2) is 23.2 Å². The Kier molecular flexibility index (Phi) is 3.12. The summed E-state index contributed by atoms with van der Waals surface area (Å²) in [5.41, 5.74) is 6.35. The van der Waals surface area contributed by atoms with Gasteiger partial charge in [0.1, 0.15) is 0 Å². The number of piperidine rings is 1. The van der Waals surface area contributed by atoms with Crippen molar-refractivity contribution in [2.75, 3.05) is 18.8 Å². The number of nitrogens with zero attached hydrogens (tertiary/aromatic N) is 1. The summed E-state index contributed by atoms with van der Waals surface area (Å²) >= 11 is 0. The highest BCUT2D eigenvalue weighted by Crippen LogP contribution is 2.35. The lowest BCUT2D eigenvalue weighted by Gasteiger charge is -2.36. The van der Waals surface area contributed by atoms with Gasteiger partial charge in [-0.25, -0.2) is 0 Å². The molecule has 1 aliphatic rings. The Morgan fingerprint density at radius 2 is 2.44 bits per heavy atom. The molecule has 2 unspecified atom stereocenters. The Balaban J connectivity index is 2.26. The van der Waals surface area contributed by atoms with E-state index in [1.165, 1.54) is 0 Å². The molecule has 0 aromatic carbocycles. The van der Waals surface area contributed by atoms with E-state index >= 15 is 0 Å². The Morgan fingerprint density at radius 3 is 3.06 bits per heavy atom. The van der Waals surface area contributed by atoms with Crippen LogP contribution in [0.2, 0.25) is 0 Å². The van der Waals surface area contributed by atoms with Crippen LogP contribution in [0.15, 0.2) is 18.5 Å². The van der Waals surface area contributed by atoms with Gasteiger partial charge in [-0.1, -0.05) is 0 Å². The van der Waals surface area contributed by atoms with E-state index < -0.39 is 5.60 Å². The van der Waals surface area contributed by atoms with Gasteiger partial charge < -0.3 is 16.2 Å². The molecular weight excluding hydrogens is 202 g/mol. The van der Waals surface area contributed by atoms with Crippen LogP contribution < -0.4 is 11.1 Å². The summed E-state index contributed by atoms with van der Waals surface area (Å²) in [5.74, 6) is 0.202. The molecule has 1 aliphatic heterocycles. The molecule has 0 saturated carbocycles. The van der Waals surface area contributed by atoms with Gasteiger partial charge in [-0.2, -0.15) is 0 Å². The maximum atomic E-state index is 10.6. The minimum absolute atomic E-state index is 0.202. The van der Waals surface area contributed by atoms with E-state index in [0.717, 1.165) is 31.5 Å². The molecule has 0 radical (unpaired) electrons. The lowest BCUT2D eigenvalue weighted by Crippen LogP contribution is -2.42. The molecule has 0 spiro atoms. The molecule has 0 aliphatic carbocycles. The average Bonchev–Trinajstić information content (AvgIpc) is 2.30. The number of aliphatic hydroxyl groups is 1. The summed E-state index contributed by atoms with van der Waals surface area (Å²) in [4.78, 5) is 4.05. The van der Waals surface area contributed by atoms with E-state index in [9.17, 15) is 5.11 Å². The standard InChI is InChI=1S/C12H19N3O/c1-12(16,9-3-2-5-14-7-9)10-8-15-6-4-11(10)13/h4,6,8-9,14,16H,2-3,5,7H2,1H3,(H2,13,15). The lowest BCUT2D eigenvalue weighted by molar-refractivity contribution is -0.0152. The van der Waals surface area contributed by atoms with Crippen molar-refractivity contribution in [1.29, 1.82) is 0 Å². The van der Waals surface area contributed by atoms with Crippen molar-refractivity contribution >= 4 is 5.69 Å². The maximum absolute atomic E-state index is 10.6. The van der Waals surface area contributed by atoms with Crippen molar-refractivity contribution in [3.8, 4) is 0 Å². The summed E-state index contributed by atoms with van der Waals surface area (Å²) in [6.45, 7) is 3.70. The summed E-state index contributed by atoms with van der Waals surface area (Å²) in [6, 6.07) is 1.74. The second-order valence-electron chi connectivity index (χ2n) is 4.65. The van der Waals surface area contributed by atoms with Crippen molar-refractivity contribution in [1.82, 2.24) is 10.3 Å². The second kappa shape index (κ2) is 4.39. The van der Waals surface area contributed by atoms with Crippen molar-refractivity contribution in [3.63, 3.8) is 0 Å². The Bertz CT molecular complexity index is 359. The first kappa shape index (κ1) is 11.4. The molecular formula is C12H19N3O. The number of hydrogen-bond donors (Lipinski definition) is 3. The second-order valence-corrected chi connectivity index (χ2v) is 4.65. The van der Waals surface area contributed by atoms with Gasteiger partial charge in [0.05, 0.1) is 5.60 Å². The molecule has 2 atom stereocenters. The van der Waals surface area contributed by atoms with Gasteiger partial charge in [0.15, 0.2) is 0 Å². The number of rotatable bonds is 2. The molecule has 4 heteroatoms. The Hall–Kier alpha value is -1.13. The van der Waals surface area contributed by atoms with Crippen molar-refractivity contribution in [2.45, 2.75) is 25.4 Å². The van der Waals surface area contributed by atoms with Gasteiger partial charge >= 0.3 is 0 Å². The first-order valence-electron chi connectivity index (χ1n) is 5.75. The summed E-state index contributed by atoms with van der Waals surface area (Å²) in [6.07, 6.45) is 5.44. The highest BCUT2D eigenvalue weighted by atomic mass is 16.3. The van der Waals surface area contributed by atoms with Crippen molar-refractivity contribution < 1.29 is 5.11 Å². The number of nitrogens with two attached hydrogens (primary N) is 1. The SMILES string of the molecule is CC(O)(c1cnccc1N)C1CCCNC1. The first-order valence-corrected chi connectivity index (χ1v) is 5.75. The third-order valence-electron chi connectivity index (χ3n) is 3.49. The molecule has 2 heterocycles. The Labute approximate surface area is 95.9 Å². The highest BCUT2D eigenvalue weighted by molar-refractivity contribution is 5.47. The molecule has 88 valence electrons. The van der Waals surface area contributed by atoms with Gasteiger partial charge in [0.25, 0.3) is 0 Å². The molecule has 2 rings (SSSR count). The van der Waals surface area contributed by atoms with Gasteiger partial charge in [0, 0.05) is 36.1 Å². The number of anilines is 1. The van der Waals surface area contributed by atoms with Crippen LogP contribution >= 0.6 is 0 Å². The lowest BCUT2D eigenvalue weighted by atomic mass is 9.79. The normalized spacial score (nSPS) is 25.0. The van der Waals surface area contributed by atoms with Gasteiger partial charge in [-0.15, -0.1) is 0 Å². The smallest absolute Gasteiger partial charge is 0.0943 e. The fourth-order valence-corrected chi connectivity index (χ4v) is 2.38. The number of nitrogen functional groups attached to an aromatic ring is 1. The van der Waals surface area contributed by atoms with Gasteiger partial charge in [0.2, 0.25) is 0 Å². The zero-order valence-corrected chi connectivity index (χ0v) is 9.61. The zero-order valence-electron chi connectivity index (χ0n) is 9.61. The van der Waals surface area contributed by atoms with Crippen LogP contribution in [0.1, 0.15) is 25.3 Å². The molecule has 4 N–H and O–H groups in total. The molecule has 1 aromatic rings. The van der Waals surface area contributed by atoms with E-state index in [2.05, 4.69) is 10.3 Å². The zero-order chi connectivity index (χ0) is 11.6. The van der Waals surface area contributed by atoms with Crippen LogP contribution in [0.25, 0.3) is 0 Å². The summed E-state index contributed by atoms with van der Waals surface area (Å²) < 4.78 is 0. The number of pyridine rings is 1. The Morgan fingerprint density at radius 1 is 1.62 bits per heavy atom. The number of aromatic nitrogens is 1. The molecule has 1 aromatic heterocycles. The fourth-order valence-electron chi connectivity index (χ4n) is 2.38. The van der Waals surface area contributed by atoms with Crippen LogP contribution in [0.5, 0.6) is 0 Å². The van der Waals surface area contributed by atoms with E-state index in [1.807, 2.05) is 6.92 Å². The molecule has 16 heavy (non-hydrogen) atoms. The van der Waals surface area contributed by atoms with E-state index in [-0.39, 0.29) is 5.92 Å². The first-order chi connectivity index (χ1) is 7.62. The summed E-state index contributed by atoms with van der Waals surface area (Å²) in [7, 11) is 0. The molecule has 0 amide bonds. The largest absolute Gasteiger partial charge is 0.398 e. The minimum atomic E-state index is -0.897. The predicted octanol–water partition coefficient (Wildman–Crippen LogP) is 0.871. The highest BCUT2D eigenvalue weighted by Gasteiger charge is 2.35. The minimum Gasteiger partial charge on any atom is -0.398 e. The number of hydrogen-bond acceptors (Lipinski definition) is 4. The van der Waals surface area contributed by atoms with Crippen LogP contribution in [-0.2, 0) is 5.60 Å². The quantitative estimate of drug-likeness (QED) is 0.693. The monoisotopic (exact) mass is 221 g/mol. The molecule has 1 saturated heterocycles. The third-order valence-corrected chi connectivity index (χ3v) is 3.49. The van der Waals surface area contributed by atoms with Crippen molar-refractivity contribution in [2.24, 2.45) is 5.92 Å². The van der Waals surface area contributed by atoms with E-state index in [4.69, 9.17) is 5.73 Å². The van der Waals surface area contributed by atoms with Crippen LogP contribution in [0.4, 0.5) is 5.69 Å². The van der Waals surface area contributed by atoms with Gasteiger partial charge in [-0.05, 0) is 32.4 Å². The average molecular weight is 221 g/mol. The van der Waals surface area contributed by atoms with Gasteiger partial charge in [-0.3, -0.25) is 4.98 Å². The van der Waals surface area contributed by atoms with E-state index in [0.29, 0.717) is 5.69 Å². The third kappa shape index (κ3) is 2.03. The molecule has 4 nitrogen and oxygen atoms in total. The van der Waals surface area contributed by atoms with E-state index in [1.54, 1.807) is 18.5 Å². The maximum Gasteiger partial charge on any atom is 0.0943 e. The summed E-state index contributed by atoms with van der Waals surface area (Å²) in [5, 5.41) is 13.9. The number of nitrogens with one attached hydrogen (secondary N) is 1.